The first-order chi connectivity index (χ1) is 9.11. The Morgan fingerprint density at radius 3 is 2.58 bits per heavy atom. The van der Waals surface area contributed by atoms with Crippen LogP contribution in [0.15, 0.2) is 18.2 Å². The lowest BCUT2D eigenvalue weighted by Crippen LogP contribution is -2.23. The summed E-state index contributed by atoms with van der Waals surface area (Å²) in [6, 6.07) is 3.57. The minimum Gasteiger partial charge on any atom is -0.466 e. The molecule has 0 radical (unpaired) electrons. The summed E-state index contributed by atoms with van der Waals surface area (Å²) < 4.78 is 31.8. The minimum absolute atomic E-state index is 0.00127. The third-order valence-electron chi connectivity index (χ3n) is 3.74. The second-order valence-corrected chi connectivity index (χ2v) is 4.97. The van der Waals surface area contributed by atoms with Crippen molar-refractivity contribution >= 4 is 5.97 Å². The molecular formula is C15H18F2O2. The van der Waals surface area contributed by atoms with E-state index in [9.17, 15) is 13.6 Å². The van der Waals surface area contributed by atoms with Gasteiger partial charge >= 0.3 is 5.97 Å². The highest BCUT2D eigenvalue weighted by Crippen LogP contribution is 2.37. The van der Waals surface area contributed by atoms with Gasteiger partial charge in [0.25, 0.3) is 0 Å². The fourth-order valence-electron chi connectivity index (χ4n) is 2.73. The van der Waals surface area contributed by atoms with Crippen molar-refractivity contribution in [3.05, 3.63) is 35.4 Å². The maximum atomic E-state index is 13.7. The zero-order valence-electron chi connectivity index (χ0n) is 11.0. The quantitative estimate of drug-likeness (QED) is 0.779. The lowest BCUT2D eigenvalue weighted by Gasteiger charge is -2.27. The van der Waals surface area contributed by atoms with Gasteiger partial charge in [-0.15, -0.1) is 0 Å². The predicted molar refractivity (Wildman–Crippen MR) is 67.7 cm³/mol. The molecule has 1 aromatic carbocycles. The van der Waals surface area contributed by atoms with E-state index in [4.69, 9.17) is 4.74 Å². The molecule has 0 amide bonds. The molecular weight excluding hydrogens is 250 g/mol. The summed E-state index contributed by atoms with van der Waals surface area (Å²) in [5.41, 5.74) is 0.433. The van der Waals surface area contributed by atoms with E-state index in [0.717, 1.165) is 6.07 Å². The molecule has 2 nitrogen and oxygen atoms in total. The topological polar surface area (TPSA) is 26.3 Å². The van der Waals surface area contributed by atoms with Gasteiger partial charge in [-0.3, -0.25) is 4.79 Å². The highest BCUT2D eigenvalue weighted by molar-refractivity contribution is 5.72. The van der Waals surface area contributed by atoms with Crippen molar-refractivity contribution in [3.63, 3.8) is 0 Å². The molecule has 0 atom stereocenters. The monoisotopic (exact) mass is 268 g/mol. The van der Waals surface area contributed by atoms with Crippen molar-refractivity contribution in [2.75, 3.05) is 6.61 Å². The molecule has 0 bridgehead atoms. The molecule has 0 N–H and O–H groups in total. The largest absolute Gasteiger partial charge is 0.466 e. The van der Waals surface area contributed by atoms with Gasteiger partial charge in [0.05, 0.1) is 12.5 Å². The van der Waals surface area contributed by atoms with Crippen molar-refractivity contribution in [1.82, 2.24) is 0 Å². The molecule has 0 unspecified atom stereocenters. The fraction of sp³-hybridized carbons (Fsp3) is 0.533. The number of rotatable bonds is 3. The molecule has 4 heteroatoms. The molecule has 104 valence electrons. The smallest absolute Gasteiger partial charge is 0.308 e. The Labute approximate surface area is 111 Å². The Morgan fingerprint density at radius 1 is 1.26 bits per heavy atom. The molecule has 1 aromatic rings. The summed E-state index contributed by atoms with van der Waals surface area (Å²) in [6.45, 7) is 2.17. The first-order valence-electron chi connectivity index (χ1n) is 6.73. The second kappa shape index (κ2) is 6.13. The van der Waals surface area contributed by atoms with E-state index in [1.54, 1.807) is 6.92 Å². The molecule has 1 saturated carbocycles. The number of carbonyl (C=O) groups excluding carboxylic acids is 1. The van der Waals surface area contributed by atoms with Gasteiger partial charge < -0.3 is 4.74 Å². The van der Waals surface area contributed by atoms with E-state index >= 15 is 0 Å². The molecule has 0 saturated heterocycles. The van der Waals surface area contributed by atoms with Crippen LogP contribution in [0.4, 0.5) is 8.78 Å². The van der Waals surface area contributed by atoms with Crippen molar-refractivity contribution in [2.24, 2.45) is 5.92 Å². The predicted octanol–water partition coefficient (Wildman–Crippen LogP) is 3.80. The molecule has 0 spiro atoms. The summed E-state index contributed by atoms with van der Waals surface area (Å²) in [5, 5.41) is 0. The van der Waals surface area contributed by atoms with Gasteiger partial charge in [0, 0.05) is 0 Å². The Bertz CT molecular complexity index is 451. The van der Waals surface area contributed by atoms with E-state index in [0.29, 0.717) is 37.9 Å². The molecule has 2 rings (SSSR count). The highest BCUT2D eigenvalue weighted by atomic mass is 19.1. The second-order valence-electron chi connectivity index (χ2n) is 4.97. The van der Waals surface area contributed by atoms with Crippen molar-refractivity contribution in [2.45, 2.75) is 38.5 Å². The number of ether oxygens (including phenoxy) is 1. The summed E-state index contributed by atoms with van der Waals surface area (Å²) >= 11 is 0. The van der Waals surface area contributed by atoms with Gasteiger partial charge in [-0.05, 0) is 62.3 Å². The Kier molecular flexibility index (Phi) is 4.51. The average Bonchev–Trinajstić information content (AvgIpc) is 2.42. The summed E-state index contributed by atoms with van der Waals surface area (Å²) in [7, 11) is 0. The van der Waals surface area contributed by atoms with E-state index in [1.165, 1.54) is 12.1 Å². The Morgan fingerprint density at radius 2 is 1.95 bits per heavy atom. The van der Waals surface area contributed by atoms with Crippen molar-refractivity contribution in [1.29, 1.82) is 0 Å². The summed E-state index contributed by atoms with van der Waals surface area (Å²) in [6.07, 6.45) is 2.76. The molecule has 0 heterocycles. The maximum absolute atomic E-state index is 13.7. The van der Waals surface area contributed by atoms with Crippen molar-refractivity contribution < 1.29 is 18.3 Å². The molecule has 0 aliphatic heterocycles. The van der Waals surface area contributed by atoms with Gasteiger partial charge in [0.2, 0.25) is 0 Å². The highest BCUT2D eigenvalue weighted by Gasteiger charge is 2.29. The van der Waals surface area contributed by atoms with Gasteiger partial charge in [0.15, 0.2) is 0 Å². The van der Waals surface area contributed by atoms with Crippen LogP contribution in [0.25, 0.3) is 0 Å². The standard InChI is InChI=1S/C15H18F2O2/c1-2-19-15(18)11-5-3-10(4-6-11)13-9-12(16)7-8-14(13)17/h7-11H,2-6H2,1H3. The van der Waals surface area contributed by atoms with Gasteiger partial charge in [-0.25, -0.2) is 8.78 Å². The van der Waals surface area contributed by atoms with Crippen LogP contribution in [-0.4, -0.2) is 12.6 Å². The molecule has 1 aliphatic rings. The van der Waals surface area contributed by atoms with Crippen LogP contribution in [0.2, 0.25) is 0 Å². The van der Waals surface area contributed by atoms with Gasteiger partial charge in [0.1, 0.15) is 11.6 Å². The zero-order valence-corrected chi connectivity index (χ0v) is 11.0. The maximum Gasteiger partial charge on any atom is 0.308 e. The van der Waals surface area contributed by atoms with E-state index in [-0.39, 0.29) is 23.6 Å². The lowest BCUT2D eigenvalue weighted by atomic mass is 9.78. The number of esters is 1. The van der Waals surface area contributed by atoms with Crippen LogP contribution in [0.5, 0.6) is 0 Å². The van der Waals surface area contributed by atoms with Crippen LogP contribution in [-0.2, 0) is 9.53 Å². The summed E-state index contributed by atoms with van der Waals surface area (Å²) in [4.78, 5) is 11.6. The molecule has 19 heavy (non-hydrogen) atoms. The van der Waals surface area contributed by atoms with E-state index < -0.39 is 5.82 Å². The number of halogens is 2. The van der Waals surface area contributed by atoms with E-state index in [1.807, 2.05) is 0 Å². The Balaban J connectivity index is 2.00. The number of carbonyl (C=O) groups is 1. The molecule has 1 aliphatic carbocycles. The van der Waals surface area contributed by atoms with Crippen LogP contribution in [0.1, 0.15) is 44.1 Å². The van der Waals surface area contributed by atoms with Crippen LogP contribution >= 0.6 is 0 Å². The third kappa shape index (κ3) is 3.31. The minimum atomic E-state index is -0.413. The first-order valence-corrected chi connectivity index (χ1v) is 6.73. The normalized spacial score (nSPS) is 23.1. The molecule has 0 aromatic heterocycles. The summed E-state index contributed by atoms with van der Waals surface area (Å²) in [5.74, 6) is -1.03. The number of benzene rings is 1. The van der Waals surface area contributed by atoms with Gasteiger partial charge in [-0.2, -0.15) is 0 Å². The lowest BCUT2D eigenvalue weighted by molar-refractivity contribution is -0.149. The number of hydrogen-bond donors (Lipinski definition) is 0. The first kappa shape index (κ1) is 14.0. The molecule has 1 fully saturated rings. The van der Waals surface area contributed by atoms with Gasteiger partial charge in [-0.1, -0.05) is 0 Å². The number of hydrogen-bond acceptors (Lipinski definition) is 2. The van der Waals surface area contributed by atoms with Crippen LogP contribution < -0.4 is 0 Å². The zero-order chi connectivity index (χ0) is 13.8. The fourth-order valence-corrected chi connectivity index (χ4v) is 2.73. The average molecular weight is 268 g/mol. The van der Waals surface area contributed by atoms with E-state index in [2.05, 4.69) is 0 Å². The third-order valence-corrected chi connectivity index (χ3v) is 3.74. The van der Waals surface area contributed by atoms with Crippen LogP contribution in [0.3, 0.4) is 0 Å². The SMILES string of the molecule is CCOC(=O)C1CCC(c2cc(F)ccc2F)CC1. The Hall–Kier alpha value is -1.45. The van der Waals surface area contributed by atoms with Crippen LogP contribution in [0, 0.1) is 17.6 Å². The van der Waals surface area contributed by atoms with Crippen molar-refractivity contribution in [3.8, 4) is 0 Å².